The Morgan fingerprint density at radius 3 is 2.85 bits per heavy atom. The summed E-state index contributed by atoms with van der Waals surface area (Å²) in [6.45, 7) is 4.85. The summed E-state index contributed by atoms with van der Waals surface area (Å²) in [6, 6.07) is 5.28. The molecule has 1 aliphatic rings. The van der Waals surface area contributed by atoms with E-state index in [-0.39, 0.29) is 11.7 Å². The van der Waals surface area contributed by atoms with Gasteiger partial charge >= 0.3 is 0 Å². The second-order valence-corrected chi connectivity index (χ2v) is 4.80. The van der Waals surface area contributed by atoms with Crippen molar-refractivity contribution in [2.45, 2.75) is 26.4 Å². The molecule has 0 aromatic heterocycles. The van der Waals surface area contributed by atoms with Crippen molar-refractivity contribution in [1.82, 2.24) is 5.32 Å². The molecular formula is C15H20N2O3. The minimum atomic E-state index is -0.478. The number of likely N-dealkylation sites (N-methyl/N-ethyl adjacent to an activating group) is 1. The van der Waals surface area contributed by atoms with E-state index >= 15 is 0 Å². The van der Waals surface area contributed by atoms with Crippen LogP contribution < -0.4 is 15.0 Å². The van der Waals surface area contributed by atoms with E-state index in [2.05, 4.69) is 5.32 Å². The van der Waals surface area contributed by atoms with Gasteiger partial charge in [-0.05, 0) is 39.1 Å². The van der Waals surface area contributed by atoms with Crippen LogP contribution >= 0.6 is 0 Å². The summed E-state index contributed by atoms with van der Waals surface area (Å²) in [5.41, 5.74) is 1.30. The molecule has 0 radical (unpaired) electrons. The van der Waals surface area contributed by atoms with Crippen molar-refractivity contribution < 1.29 is 14.3 Å². The lowest BCUT2D eigenvalue weighted by atomic mass is 10.0. The molecule has 0 saturated heterocycles. The monoisotopic (exact) mass is 276 g/mol. The number of anilines is 1. The summed E-state index contributed by atoms with van der Waals surface area (Å²) >= 11 is 0. The largest absolute Gasteiger partial charge is 0.479 e. The molecule has 5 heteroatoms. The second-order valence-electron chi connectivity index (χ2n) is 4.80. The van der Waals surface area contributed by atoms with E-state index in [1.807, 2.05) is 14.0 Å². The molecule has 5 nitrogen and oxygen atoms in total. The van der Waals surface area contributed by atoms with E-state index < -0.39 is 6.10 Å². The summed E-state index contributed by atoms with van der Waals surface area (Å²) in [7, 11) is 1.81. The molecule has 1 aliphatic heterocycles. The normalized spacial score (nSPS) is 17.6. The Labute approximate surface area is 118 Å². The van der Waals surface area contributed by atoms with Crippen LogP contribution in [0.25, 0.3) is 0 Å². The van der Waals surface area contributed by atoms with Crippen molar-refractivity contribution in [1.29, 1.82) is 0 Å². The smallest absolute Gasteiger partial charge is 0.267 e. The van der Waals surface area contributed by atoms with Crippen LogP contribution in [0.1, 0.15) is 30.6 Å². The number of fused-ring (bicyclic) bond motifs is 1. The molecule has 0 saturated carbocycles. The summed E-state index contributed by atoms with van der Waals surface area (Å²) < 4.78 is 5.58. The zero-order valence-electron chi connectivity index (χ0n) is 12.1. The van der Waals surface area contributed by atoms with Crippen LogP contribution in [0.4, 0.5) is 5.69 Å². The standard InChI is InChI=1S/C15H20N2O3/c1-4-17-12-9-11(13(18)7-8-16-3)5-6-14(12)20-10(2)15(17)19/h5-6,9-10,16H,4,7-8H2,1-3H3. The maximum atomic E-state index is 12.1. The molecule has 1 N–H and O–H groups in total. The molecule has 20 heavy (non-hydrogen) atoms. The lowest BCUT2D eigenvalue weighted by Gasteiger charge is -2.32. The number of hydrogen-bond acceptors (Lipinski definition) is 4. The number of rotatable bonds is 5. The lowest BCUT2D eigenvalue weighted by Crippen LogP contribution is -2.44. The van der Waals surface area contributed by atoms with Crippen molar-refractivity contribution in [2.75, 3.05) is 25.0 Å². The van der Waals surface area contributed by atoms with Gasteiger partial charge in [0.1, 0.15) is 5.75 Å². The molecule has 1 aromatic carbocycles. The fraction of sp³-hybridized carbons (Fsp3) is 0.467. The fourth-order valence-corrected chi connectivity index (χ4v) is 2.29. The molecule has 2 rings (SSSR count). The average molecular weight is 276 g/mol. The van der Waals surface area contributed by atoms with Crippen LogP contribution in [0, 0.1) is 0 Å². The third kappa shape index (κ3) is 2.67. The first-order chi connectivity index (χ1) is 9.58. The highest BCUT2D eigenvalue weighted by molar-refractivity contribution is 6.03. The van der Waals surface area contributed by atoms with Crippen LogP contribution in [-0.4, -0.2) is 37.9 Å². The number of nitrogens with one attached hydrogen (secondary N) is 1. The van der Waals surface area contributed by atoms with Gasteiger partial charge in [-0.25, -0.2) is 0 Å². The highest BCUT2D eigenvalue weighted by Gasteiger charge is 2.30. The Hall–Kier alpha value is -1.88. The van der Waals surface area contributed by atoms with Gasteiger partial charge in [-0.1, -0.05) is 0 Å². The molecule has 108 valence electrons. The highest BCUT2D eigenvalue weighted by Crippen LogP contribution is 2.34. The molecule has 1 heterocycles. The summed E-state index contributed by atoms with van der Waals surface area (Å²) in [6.07, 6.45) is -0.0413. The number of Topliss-reactive ketones (excluding diaryl/α,β-unsaturated/α-hetero) is 1. The molecule has 0 aliphatic carbocycles. The van der Waals surface area contributed by atoms with Gasteiger partial charge in [0, 0.05) is 25.1 Å². The summed E-state index contributed by atoms with van der Waals surface area (Å²) in [4.78, 5) is 25.8. The molecular weight excluding hydrogens is 256 g/mol. The molecule has 1 amide bonds. The number of ketones is 1. The van der Waals surface area contributed by atoms with E-state index in [1.165, 1.54) is 0 Å². The van der Waals surface area contributed by atoms with Gasteiger partial charge < -0.3 is 15.0 Å². The van der Waals surface area contributed by atoms with E-state index in [0.717, 1.165) is 0 Å². The minimum Gasteiger partial charge on any atom is -0.479 e. The average Bonchev–Trinajstić information content (AvgIpc) is 2.45. The Morgan fingerprint density at radius 2 is 2.20 bits per heavy atom. The number of amides is 1. The first-order valence-corrected chi connectivity index (χ1v) is 6.88. The van der Waals surface area contributed by atoms with E-state index in [1.54, 1.807) is 30.0 Å². The molecule has 0 bridgehead atoms. The number of benzene rings is 1. The van der Waals surface area contributed by atoms with Crippen LogP contribution in [0.15, 0.2) is 18.2 Å². The van der Waals surface area contributed by atoms with E-state index in [9.17, 15) is 9.59 Å². The number of ether oxygens (including phenoxy) is 1. The Morgan fingerprint density at radius 1 is 1.45 bits per heavy atom. The number of carbonyl (C=O) groups is 2. The third-order valence-corrected chi connectivity index (χ3v) is 3.41. The van der Waals surface area contributed by atoms with Crippen molar-refractivity contribution in [3.8, 4) is 5.75 Å². The third-order valence-electron chi connectivity index (χ3n) is 3.41. The molecule has 0 spiro atoms. The SMILES string of the molecule is CCN1C(=O)C(C)Oc2ccc(C(=O)CCNC)cc21. The van der Waals surface area contributed by atoms with Gasteiger partial charge in [-0.15, -0.1) is 0 Å². The number of hydrogen-bond donors (Lipinski definition) is 1. The predicted octanol–water partition coefficient (Wildman–Crippen LogP) is 1.61. The van der Waals surface area contributed by atoms with Crippen LogP contribution in [0.5, 0.6) is 5.75 Å². The lowest BCUT2D eigenvalue weighted by molar-refractivity contribution is -0.125. The molecule has 1 aromatic rings. The number of carbonyl (C=O) groups excluding carboxylic acids is 2. The molecule has 1 atom stereocenters. The van der Waals surface area contributed by atoms with Crippen LogP contribution in [-0.2, 0) is 4.79 Å². The van der Waals surface area contributed by atoms with Crippen LogP contribution in [0.2, 0.25) is 0 Å². The second kappa shape index (κ2) is 6.05. The first-order valence-electron chi connectivity index (χ1n) is 6.88. The Balaban J connectivity index is 2.32. The minimum absolute atomic E-state index is 0.0595. The predicted molar refractivity (Wildman–Crippen MR) is 77.4 cm³/mol. The quantitative estimate of drug-likeness (QED) is 0.830. The van der Waals surface area contributed by atoms with Crippen molar-refractivity contribution in [3.05, 3.63) is 23.8 Å². The van der Waals surface area contributed by atoms with Crippen molar-refractivity contribution >= 4 is 17.4 Å². The summed E-state index contributed by atoms with van der Waals surface area (Å²) in [5, 5.41) is 2.95. The summed E-state index contributed by atoms with van der Waals surface area (Å²) in [5.74, 6) is 0.646. The Bertz CT molecular complexity index is 528. The first kappa shape index (κ1) is 14.5. The van der Waals surface area contributed by atoms with Crippen molar-refractivity contribution in [2.24, 2.45) is 0 Å². The topological polar surface area (TPSA) is 58.6 Å². The maximum absolute atomic E-state index is 12.1. The van der Waals surface area contributed by atoms with Gasteiger partial charge in [0.25, 0.3) is 5.91 Å². The molecule has 0 fully saturated rings. The van der Waals surface area contributed by atoms with Crippen molar-refractivity contribution in [3.63, 3.8) is 0 Å². The van der Waals surface area contributed by atoms with Crippen LogP contribution in [0.3, 0.4) is 0 Å². The number of nitrogens with zero attached hydrogens (tertiary/aromatic N) is 1. The van der Waals surface area contributed by atoms with Gasteiger partial charge in [0.15, 0.2) is 11.9 Å². The van der Waals surface area contributed by atoms with Gasteiger partial charge in [0.05, 0.1) is 5.69 Å². The van der Waals surface area contributed by atoms with Gasteiger partial charge in [0.2, 0.25) is 0 Å². The molecule has 1 unspecified atom stereocenters. The van der Waals surface area contributed by atoms with Gasteiger partial charge in [-0.2, -0.15) is 0 Å². The highest BCUT2D eigenvalue weighted by atomic mass is 16.5. The zero-order valence-corrected chi connectivity index (χ0v) is 12.1. The zero-order chi connectivity index (χ0) is 14.7. The fourth-order valence-electron chi connectivity index (χ4n) is 2.29. The van der Waals surface area contributed by atoms with Gasteiger partial charge in [-0.3, -0.25) is 9.59 Å². The van der Waals surface area contributed by atoms with E-state index in [0.29, 0.717) is 36.5 Å². The Kier molecular flexibility index (Phi) is 4.39. The maximum Gasteiger partial charge on any atom is 0.267 e. The van der Waals surface area contributed by atoms with E-state index in [4.69, 9.17) is 4.74 Å².